The molecule has 0 bridgehead atoms. The van der Waals surface area contributed by atoms with Crippen molar-refractivity contribution in [1.29, 1.82) is 0 Å². The Hall–Kier alpha value is -2.97. The van der Waals surface area contributed by atoms with E-state index >= 15 is 0 Å². The van der Waals surface area contributed by atoms with E-state index in [0.717, 1.165) is 93.0 Å². The van der Waals surface area contributed by atoms with Crippen molar-refractivity contribution >= 4 is 17.1 Å². The molecule has 34 heavy (non-hydrogen) atoms. The lowest BCUT2D eigenvalue weighted by molar-refractivity contribution is -0.132. The van der Waals surface area contributed by atoms with Crippen LogP contribution in [-0.4, -0.2) is 71.8 Å². The predicted molar refractivity (Wildman–Crippen MR) is 131 cm³/mol. The highest BCUT2D eigenvalue weighted by atomic mass is 16.5. The number of piperazine rings is 1. The molecule has 0 atom stereocenters. The van der Waals surface area contributed by atoms with Gasteiger partial charge in [0, 0.05) is 68.9 Å². The zero-order chi connectivity index (χ0) is 23.1. The van der Waals surface area contributed by atoms with Gasteiger partial charge in [0.2, 0.25) is 5.91 Å². The molecule has 2 saturated heterocycles. The Bertz CT molecular complexity index is 1170. The molecule has 3 fully saturated rings. The molecule has 0 unspecified atom stereocenters. The van der Waals surface area contributed by atoms with Crippen LogP contribution in [0, 0.1) is 5.92 Å². The standard InChI is InChI=1S/C26H32N6O2/c1-34-26(7-10-27-11-8-26)21-4-5-22(28-17-21)20-16-24-23(6-9-29-32(24)18-20)30-12-14-31(15-13-30)25(33)19-2-3-19/h4-6,9,16-19,27H,2-3,7-8,10-15H2,1H3. The molecule has 1 N–H and O–H groups in total. The molecule has 3 aromatic rings. The molecule has 6 rings (SSSR count). The number of nitrogens with one attached hydrogen (secondary N) is 1. The van der Waals surface area contributed by atoms with Gasteiger partial charge in [-0.15, -0.1) is 0 Å². The molecule has 1 amide bonds. The zero-order valence-corrected chi connectivity index (χ0v) is 19.7. The first-order valence-electron chi connectivity index (χ1n) is 12.4. The number of amides is 1. The molecule has 1 saturated carbocycles. The molecular weight excluding hydrogens is 428 g/mol. The van der Waals surface area contributed by atoms with Crippen molar-refractivity contribution in [2.24, 2.45) is 5.92 Å². The lowest BCUT2D eigenvalue weighted by Gasteiger charge is -2.36. The molecule has 2 aliphatic heterocycles. The van der Waals surface area contributed by atoms with Crippen molar-refractivity contribution in [3.8, 4) is 11.3 Å². The van der Waals surface area contributed by atoms with Crippen LogP contribution in [0.3, 0.4) is 0 Å². The normalized spacial score (nSPS) is 20.6. The number of pyridine rings is 1. The zero-order valence-electron chi connectivity index (χ0n) is 19.7. The van der Waals surface area contributed by atoms with Crippen molar-refractivity contribution in [3.63, 3.8) is 0 Å². The number of piperidine rings is 1. The highest BCUT2D eigenvalue weighted by Crippen LogP contribution is 2.35. The summed E-state index contributed by atoms with van der Waals surface area (Å²) in [5.41, 5.74) is 5.09. The monoisotopic (exact) mass is 460 g/mol. The van der Waals surface area contributed by atoms with Gasteiger partial charge in [-0.05, 0) is 57.0 Å². The fraction of sp³-hybridized carbons (Fsp3) is 0.500. The number of anilines is 1. The molecule has 0 spiro atoms. The van der Waals surface area contributed by atoms with Gasteiger partial charge in [0.15, 0.2) is 0 Å². The minimum Gasteiger partial charge on any atom is -0.373 e. The van der Waals surface area contributed by atoms with Crippen LogP contribution in [0.15, 0.2) is 42.9 Å². The summed E-state index contributed by atoms with van der Waals surface area (Å²) in [6.07, 6.45) is 9.90. The molecule has 8 nitrogen and oxygen atoms in total. The first-order valence-corrected chi connectivity index (χ1v) is 12.4. The summed E-state index contributed by atoms with van der Waals surface area (Å²) in [7, 11) is 1.80. The maximum Gasteiger partial charge on any atom is 0.225 e. The number of hydrogen-bond acceptors (Lipinski definition) is 6. The predicted octanol–water partition coefficient (Wildman–Crippen LogP) is 2.68. The average molecular weight is 461 g/mol. The highest BCUT2D eigenvalue weighted by Gasteiger charge is 2.35. The van der Waals surface area contributed by atoms with E-state index in [9.17, 15) is 4.79 Å². The van der Waals surface area contributed by atoms with Gasteiger partial charge < -0.3 is 19.9 Å². The van der Waals surface area contributed by atoms with Crippen LogP contribution >= 0.6 is 0 Å². The Morgan fingerprint density at radius 3 is 2.59 bits per heavy atom. The number of aromatic nitrogens is 3. The van der Waals surface area contributed by atoms with Crippen molar-refractivity contribution < 1.29 is 9.53 Å². The van der Waals surface area contributed by atoms with E-state index in [-0.39, 0.29) is 5.60 Å². The van der Waals surface area contributed by atoms with E-state index in [0.29, 0.717) is 11.8 Å². The fourth-order valence-electron chi connectivity index (χ4n) is 5.44. The third-order valence-corrected chi connectivity index (χ3v) is 7.73. The van der Waals surface area contributed by atoms with Crippen LogP contribution in [0.2, 0.25) is 0 Å². The second kappa shape index (κ2) is 8.67. The van der Waals surface area contributed by atoms with E-state index in [4.69, 9.17) is 9.72 Å². The molecule has 178 valence electrons. The maximum absolute atomic E-state index is 12.4. The summed E-state index contributed by atoms with van der Waals surface area (Å²) in [6, 6.07) is 8.49. The minimum absolute atomic E-state index is 0.250. The third-order valence-electron chi connectivity index (χ3n) is 7.73. The van der Waals surface area contributed by atoms with Crippen LogP contribution in [-0.2, 0) is 15.1 Å². The number of carbonyl (C=O) groups is 1. The molecule has 0 radical (unpaired) electrons. The molecule has 8 heteroatoms. The van der Waals surface area contributed by atoms with Crippen LogP contribution in [0.4, 0.5) is 5.69 Å². The number of methoxy groups -OCH3 is 1. The quantitative estimate of drug-likeness (QED) is 0.631. The van der Waals surface area contributed by atoms with Crippen molar-refractivity contribution in [1.82, 2.24) is 24.8 Å². The van der Waals surface area contributed by atoms with Crippen LogP contribution in [0.1, 0.15) is 31.2 Å². The van der Waals surface area contributed by atoms with Crippen LogP contribution in [0.5, 0.6) is 0 Å². The molecule has 0 aromatic carbocycles. The summed E-state index contributed by atoms with van der Waals surface area (Å²) in [4.78, 5) is 21.6. The SMILES string of the molecule is COC1(c2ccc(-c3cc4c(N5CCN(C(=O)C6CC6)CC5)ccnn4c3)nc2)CCNCC1. The number of rotatable bonds is 5. The van der Waals surface area contributed by atoms with Gasteiger partial charge in [0.25, 0.3) is 0 Å². The second-order valence-electron chi connectivity index (χ2n) is 9.74. The molecule has 1 aliphatic carbocycles. The Balaban J connectivity index is 1.23. The summed E-state index contributed by atoms with van der Waals surface area (Å²) in [5.74, 6) is 0.638. The van der Waals surface area contributed by atoms with Crippen molar-refractivity contribution in [3.05, 3.63) is 48.4 Å². The highest BCUT2D eigenvalue weighted by molar-refractivity contribution is 5.82. The lowest BCUT2D eigenvalue weighted by atomic mass is 9.85. The summed E-state index contributed by atoms with van der Waals surface area (Å²) < 4.78 is 7.89. The molecular formula is C26H32N6O2. The number of hydrogen-bond donors (Lipinski definition) is 1. The molecule has 3 aromatic heterocycles. The van der Waals surface area contributed by atoms with Gasteiger partial charge in [0.05, 0.1) is 22.5 Å². The van der Waals surface area contributed by atoms with E-state index in [2.05, 4.69) is 39.6 Å². The Labute approximate surface area is 199 Å². The number of fused-ring (bicyclic) bond motifs is 1. The van der Waals surface area contributed by atoms with Gasteiger partial charge in [-0.1, -0.05) is 6.07 Å². The Morgan fingerprint density at radius 1 is 1.12 bits per heavy atom. The maximum atomic E-state index is 12.4. The first-order chi connectivity index (χ1) is 16.7. The van der Waals surface area contributed by atoms with Crippen molar-refractivity contribution in [2.75, 3.05) is 51.3 Å². The van der Waals surface area contributed by atoms with Crippen LogP contribution in [0.25, 0.3) is 16.8 Å². The number of nitrogens with zero attached hydrogens (tertiary/aromatic N) is 5. The lowest BCUT2D eigenvalue weighted by Crippen LogP contribution is -2.49. The van der Waals surface area contributed by atoms with Crippen molar-refractivity contribution in [2.45, 2.75) is 31.3 Å². The van der Waals surface area contributed by atoms with Gasteiger partial charge in [-0.3, -0.25) is 9.78 Å². The van der Waals surface area contributed by atoms with Crippen LogP contribution < -0.4 is 10.2 Å². The van der Waals surface area contributed by atoms with E-state index in [1.54, 1.807) is 7.11 Å². The first kappa shape index (κ1) is 21.6. The summed E-state index contributed by atoms with van der Waals surface area (Å²) in [6.45, 7) is 5.18. The Kier molecular flexibility index (Phi) is 5.50. The molecule has 5 heterocycles. The van der Waals surface area contributed by atoms with Gasteiger partial charge in [-0.2, -0.15) is 5.10 Å². The van der Waals surface area contributed by atoms with Gasteiger partial charge >= 0.3 is 0 Å². The van der Waals surface area contributed by atoms with E-state index in [1.165, 1.54) is 0 Å². The second-order valence-corrected chi connectivity index (χ2v) is 9.74. The number of ether oxygens (including phenoxy) is 1. The summed E-state index contributed by atoms with van der Waals surface area (Å²) in [5, 5.41) is 7.95. The summed E-state index contributed by atoms with van der Waals surface area (Å²) >= 11 is 0. The largest absolute Gasteiger partial charge is 0.373 e. The van der Waals surface area contributed by atoms with E-state index < -0.39 is 0 Å². The van der Waals surface area contributed by atoms with Gasteiger partial charge in [-0.25, -0.2) is 4.52 Å². The fourth-order valence-corrected chi connectivity index (χ4v) is 5.44. The Morgan fingerprint density at radius 2 is 1.91 bits per heavy atom. The molecule has 3 aliphatic rings. The minimum atomic E-state index is -0.250. The number of carbonyl (C=O) groups excluding carboxylic acids is 1. The van der Waals surface area contributed by atoms with E-state index in [1.807, 2.05) is 28.0 Å². The third kappa shape index (κ3) is 3.84. The topological polar surface area (TPSA) is 75.0 Å². The van der Waals surface area contributed by atoms with Gasteiger partial charge in [0.1, 0.15) is 0 Å². The smallest absolute Gasteiger partial charge is 0.225 e. The average Bonchev–Trinajstić information content (AvgIpc) is 3.66.